The van der Waals surface area contributed by atoms with Gasteiger partial charge in [-0.1, -0.05) is 12.2 Å². The van der Waals surface area contributed by atoms with Crippen molar-refractivity contribution in [3.05, 3.63) is 30.4 Å². The van der Waals surface area contributed by atoms with Gasteiger partial charge in [-0.25, -0.2) is 0 Å². The maximum absolute atomic E-state index is 5.78. The lowest BCUT2D eigenvalue weighted by molar-refractivity contribution is -0.0431. The van der Waals surface area contributed by atoms with Crippen molar-refractivity contribution in [3.63, 3.8) is 0 Å². The highest BCUT2D eigenvalue weighted by Gasteiger charge is 2.35. The van der Waals surface area contributed by atoms with Crippen LogP contribution in [0.5, 0.6) is 11.5 Å². The molecular formula is C17H21NO2. The van der Waals surface area contributed by atoms with E-state index in [9.17, 15) is 0 Å². The van der Waals surface area contributed by atoms with Crippen molar-refractivity contribution in [1.29, 1.82) is 0 Å². The molecule has 0 aromatic heterocycles. The quantitative estimate of drug-likeness (QED) is 0.848. The van der Waals surface area contributed by atoms with E-state index in [2.05, 4.69) is 23.5 Å². The second kappa shape index (κ2) is 4.18. The topological polar surface area (TPSA) is 30.5 Å². The lowest BCUT2D eigenvalue weighted by Crippen LogP contribution is -2.29. The minimum Gasteiger partial charge on any atom is -0.449 e. The van der Waals surface area contributed by atoms with Crippen LogP contribution in [0.4, 0.5) is 5.69 Å². The standard InChI is InChI=1S/C17H21NO2/c1-17(2)19-15-6-5-14(9-16(15)20-17)18-10-13-8-11-3-4-12(13)7-11/h3-6,9,11-13,18H,7-8,10H2,1-2H3. The van der Waals surface area contributed by atoms with Gasteiger partial charge in [-0.15, -0.1) is 0 Å². The molecule has 106 valence electrons. The van der Waals surface area contributed by atoms with Gasteiger partial charge in [-0.05, 0) is 42.7 Å². The largest absolute Gasteiger partial charge is 0.449 e. The summed E-state index contributed by atoms with van der Waals surface area (Å²) in [5.41, 5.74) is 1.12. The van der Waals surface area contributed by atoms with E-state index in [4.69, 9.17) is 9.47 Å². The van der Waals surface area contributed by atoms with Crippen LogP contribution in [-0.4, -0.2) is 12.3 Å². The molecular weight excluding hydrogens is 250 g/mol. The highest BCUT2D eigenvalue weighted by Crippen LogP contribution is 2.44. The van der Waals surface area contributed by atoms with Crippen molar-refractivity contribution in [2.75, 3.05) is 11.9 Å². The predicted molar refractivity (Wildman–Crippen MR) is 79.1 cm³/mol. The molecule has 1 aromatic carbocycles. The Labute approximate surface area is 120 Å². The molecule has 3 aliphatic rings. The Bertz CT molecular complexity index is 564. The number of hydrogen-bond donors (Lipinski definition) is 1. The molecule has 3 heteroatoms. The number of rotatable bonds is 3. The minimum absolute atomic E-state index is 0.545. The molecule has 3 nitrogen and oxygen atoms in total. The van der Waals surface area contributed by atoms with Crippen LogP contribution in [0.25, 0.3) is 0 Å². The normalized spacial score (nSPS) is 31.8. The molecule has 3 unspecified atom stereocenters. The van der Waals surface area contributed by atoms with Crippen LogP contribution in [0, 0.1) is 17.8 Å². The van der Waals surface area contributed by atoms with Crippen molar-refractivity contribution in [1.82, 2.24) is 0 Å². The fourth-order valence-corrected chi connectivity index (χ4v) is 3.71. The molecule has 1 N–H and O–H groups in total. The van der Waals surface area contributed by atoms with Gasteiger partial charge in [-0.2, -0.15) is 0 Å². The summed E-state index contributed by atoms with van der Waals surface area (Å²) in [5.74, 6) is 3.55. The number of hydrogen-bond acceptors (Lipinski definition) is 3. The zero-order valence-corrected chi connectivity index (χ0v) is 12.1. The SMILES string of the molecule is CC1(C)Oc2ccc(NCC3CC4C=CC3C4)cc2O1. The average Bonchev–Trinajstić information content (AvgIpc) is 3.06. The molecule has 1 aliphatic heterocycles. The summed E-state index contributed by atoms with van der Waals surface area (Å²) in [5, 5.41) is 3.56. The second-order valence-electron chi connectivity index (χ2n) is 6.69. The van der Waals surface area contributed by atoms with E-state index >= 15 is 0 Å². The second-order valence-corrected chi connectivity index (χ2v) is 6.69. The van der Waals surface area contributed by atoms with Crippen molar-refractivity contribution in [2.24, 2.45) is 17.8 Å². The van der Waals surface area contributed by atoms with Gasteiger partial charge in [0.15, 0.2) is 11.5 Å². The Morgan fingerprint density at radius 1 is 1.15 bits per heavy atom. The summed E-state index contributed by atoms with van der Waals surface area (Å²) in [6.45, 7) is 4.91. The van der Waals surface area contributed by atoms with Crippen LogP contribution < -0.4 is 14.8 Å². The van der Waals surface area contributed by atoms with E-state index < -0.39 is 5.79 Å². The fourth-order valence-electron chi connectivity index (χ4n) is 3.71. The molecule has 2 aliphatic carbocycles. The highest BCUT2D eigenvalue weighted by atomic mass is 16.7. The summed E-state index contributed by atoms with van der Waals surface area (Å²) < 4.78 is 11.5. The zero-order chi connectivity index (χ0) is 13.7. The molecule has 0 spiro atoms. The van der Waals surface area contributed by atoms with Gasteiger partial charge in [0.2, 0.25) is 5.79 Å². The lowest BCUT2D eigenvalue weighted by atomic mass is 9.93. The number of fused-ring (bicyclic) bond motifs is 3. The van der Waals surface area contributed by atoms with Gasteiger partial charge in [0.25, 0.3) is 0 Å². The molecule has 1 heterocycles. The zero-order valence-electron chi connectivity index (χ0n) is 12.1. The maximum atomic E-state index is 5.78. The monoisotopic (exact) mass is 271 g/mol. The molecule has 20 heavy (non-hydrogen) atoms. The first kappa shape index (κ1) is 12.1. The summed E-state index contributed by atoms with van der Waals surface area (Å²) >= 11 is 0. The van der Waals surface area contributed by atoms with Crippen molar-refractivity contribution >= 4 is 5.69 Å². The molecule has 0 saturated heterocycles. The van der Waals surface area contributed by atoms with Crippen molar-refractivity contribution < 1.29 is 9.47 Å². The number of anilines is 1. The van der Waals surface area contributed by atoms with E-state index in [-0.39, 0.29) is 0 Å². The molecule has 3 atom stereocenters. The molecule has 4 rings (SSSR count). The van der Waals surface area contributed by atoms with Crippen LogP contribution in [0.3, 0.4) is 0 Å². The first-order valence-electron chi connectivity index (χ1n) is 7.53. The molecule has 1 saturated carbocycles. The van der Waals surface area contributed by atoms with E-state index in [1.54, 1.807) is 0 Å². The minimum atomic E-state index is -0.545. The van der Waals surface area contributed by atoms with Crippen molar-refractivity contribution in [2.45, 2.75) is 32.5 Å². The van der Waals surface area contributed by atoms with E-state index in [0.29, 0.717) is 0 Å². The van der Waals surface area contributed by atoms with Crippen LogP contribution in [0.15, 0.2) is 30.4 Å². The number of nitrogens with one attached hydrogen (secondary N) is 1. The molecule has 0 radical (unpaired) electrons. The molecule has 1 aromatic rings. The van der Waals surface area contributed by atoms with Crippen LogP contribution >= 0.6 is 0 Å². The smallest absolute Gasteiger partial charge is 0.246 e. The molecule has 0 amide bonds. The van der Waals surface area contributed by atoms with Gasteiger partial charge in [-0.3, -0.25) is 0 Å². The van der Waals surface area contributed by atoms with Crippen LogP contribution in [0.2, 0.25) is 0 Å². The first-order valence-corrected chi connectivity index (χ1v) is 7.53. The Balaban J connectivity index is 1.42. The summed E-state index contributed by atoms with van der Waals surface area (Å²) in [7, 11) is 0. The Morgan fingerprint density at radius 2 is 2.00 bits per heavy atom. The summed E-state index contributed by atoms with van der Waals surface area (Å²) in [6.07, 6.45) is 7.50. The molecule has 1 fully saturated rings. The number of allylic oxidation sites excluding steroid dienone is 2. The number of ether oxygens (including phenoxy) is 2. The predicted octanol–water partition coefficient (Wildman–Crippen LogP) is 3.82. The fraction of sp³-hybridized carbons (Fsp3) is 0.529. The van der Waals surface area contributed by atoms with Gasteiger partial charge in [0.05, 0.1) is 0 Å². The highest BCUT2D eigenvalue weighted by molar-refractivity contribution is 5.56. The third kappa shape index (κ3) is 2.05. The first-order chi connectivity index (χ1) is 9.59. The van der Waals surface area contributed by atoms with Gasteiger partial charge >= 0.3 is 0 Å². The van der Waals surface area contributed by atoms with Gasteiger partial charge < -0.3 is 14.8 Å². The summed E-state index contributed by atoms with van der Waals surface area (Å²) in [4.78, 5) is 0. The lowest BCUT2D eigenvalue weighted by Gasteiger charge is -2.19. The Hall–Kier alpha value is -1.64. The van der Waals surface area contributed by atoms with Crippen LogP contribution in [0.1, 0.15) is 26.7 Å². The maximum Gasteiger partial charge on any atom is 0.246 e. The average molecular weight is 271 g/mol. The molecule has 2 bridgehead atoms. The van der Waals surface area contributed by atoms with Crippen molar-refractivity contribution in [3.8, 4) is 11.5 Å². The van der Waals surface area contributed by atoms with E-state index in [1.807, 2.05) is 26.0 Å². The van der Waals surface area contributed by atoms with Gasteiger partial charge in [0.1, 0.15) is 0 Å². The third-order valence-corrected chi connectivity index (χ3v) is 4.64. The number of benzene rings is 1. The third-order valence-electron chi connectivity index (χ3n) is 4.64. The van der Waals surface area contributed by atoms with E-state index in [1.165, 1.54) is 12.8 Å². The summed E-state index contributed by atoms with van der Waals surface area (Å²) in [6, 6.07) is 6.12. The van der Waals surface area contributed by atoms with Gasteiger partial charge in [0, 0.05) is 32.1 Å². The Morgan fingerprint density at radius 3 is 2.75 bits per heavy atom. The Kier molecular flexibility index (Phi) is 2.53. The van der Waals surface area contributed by atoms with Crippen LogP contribution in [-0.2, 0) is 0 Å². The van der Waals surface area contributed by atoms with E-state index in [0.717, 1.165) is 41.5 Å².